The van der Waals surface area contributed by atoms with Crippen LogP contribution in [0.2, 0.25) is 0 Å². The van der Waals surface area contributed by atoms with Crippen LogP contribution < -0.4 is 0 Å². The number of benzene rings is 1. The normalized spacial score (nSPS) is 10.7. The summed E-state index contributed by atoms with van der Waals surface area (Å²) in [4.78, 5) is 3.30. The number of rotatable bonds is 0. The molecular formula is C9H4F2IN. The molecule has 0 radical (unpaired) electrons. The van der Waals surface area contributed by atoms with E-state index in [1.165, 1.54) is 6.20 Å². The third-order valence-electron chi connectivity index (χ3n) is 1.75. The molecule has 0 N–H and O–H groups in total. The third kappa shape index (κ3) is 1.50. The lowest BCUT2D eigenvalue weighted by Crippen LogP contribution is -1.90. The largest absolute Gasteiger partial charge is 0.249 e. The molecule has 0 aliphatic carbocycles. The Hall–Kier alpha value is -0.780. The first kappa shape index (κ1) is 8.80. The Bertz CT molecular complexity index is 470. The summed E-state index contributed by atoms with van der Waals surface area (Å²) in [5, 5.41) is 0.888. The number of aromatic nitrogens is 1. The van der Waals surface area contributed by atoms with Gasteiger partial charge in [-0.15, -0.1) is 0 Å². The van der Waals surface area contributed by atoms with Crippen LogP contribution in [0.25, 0.3) is 10.8 Å². The summed E-state index contributed by atoms with van der Waals surface area (Å²) in [6.45, 7) is 0. The van der Waals surface area contributed by atoms with Gasteiger partial charge < -0.3 is 0 Å². The van der Waals surface area contributed by atoms with Crippen LogP contribution in [0.15, 0.2) is 24.4 Å². The van der Waals surface area contributed by atoms with Gasteiger partial charge in [-0.3, -0.25) is 0 Å². The Morgan fingerprint density at radius 3 is 2.77 bits per heavy atom. The van der Waals surface area contributed by atoms with Crippen molar-refractivity contribution in [2.45, 2.75) is 0 Å². The molecule has 1 aromatic heterocycles. The van der Waals surface area contributed by atoms with Crippen LogP contribution in [0.5, 0.6) is 0 Å². The molecule has 0 amide bonds. The third-order valence-corrected chi connectivity index (χ3v) is 2.42. The topological polar surface area (TPSA) is 12.9 Å². The summed E-state index contributed by atoms with van der Waals surface area (Å²) in [5.74, 6) is -1.93. The van der Waals surface area contributed by atoms with Crippen molar-refractivity contribution in [3.63, 3.8) is 0 Å². The van der Waals surface area contributed by atoms with Crippen molar-refractivity contribution in [2.24, 2.45) is 0 Å². The van der Waals surface area contributed by atoms with Gasteiger partial charge in [0.2, 0.25) is 5.95 Å². The molecule has 1 nitrogen and oxygen atoms in total. The maximum absolute atomic E-state index is 13.1. The van der Waals surface area contributed by atoms with E-state index >= 15 is 0 Å². The van der Waals surface area contributed by atoms with Crippen LogP contribution in [-0.2, 0) is 0 Å². The highest BCUT2D eigenvalue weighted by atomic mass is 127. The fourth-order valence-electron chi connectivity index (χ4n) is 1.13. The number of halogens is 3. The van der Waals surface area contributed by atoms with Gasteiger partial charge in [0.15, 0.2) is 5.82 Å². The zero-order valence-corrected chi connectivity index (χ0v) is 8.55. The highest BCUT2D eigenvalue weighted by Gasteiger charge is 2.07. The predicted octanol–water partition coefficient (Wildman–Crippen LogP) is 3.12. The van der Waals surface area contributed by atoms with Gasteiger partial charge in [0.25, 0.3) is 0 Å². The molecule has 2 aromatic rings. The van der Waals surface area contributed by atoms with Gasteiger partial charge in [-0.05, 0) is 34.7 Å². The van der Waals surface area contributed by atoms with Crippen molar-refractivity contribution in [3.8, 4) is 0 Å². The summed E-state index contributed by atoms with van der Waals surface area (Å²) < 4.78 is 26.7. The van der Waals surface area contributed by atoms with Crippen LogP contribution in [0, 0.1) is 15.3 Å². The maximum atomic E-state index is 13.1. The van der Waals surface area contributed by atoms with Gasteiger partial charge in [-0.2, -0.15) is 4.39 Å². The smallest absolute Gasteiger partial charge is 0.225 e. The molecule has 0 aliphatic heterocycles. The summed E-state index contributed by atoms with van der Waals surface area (Å²) in [7, 11) is 0. The summed E-state index contributed by atoms with van der Waals surface area (Å²) in [5.41, 5.74) is 0. The van der Waals surface area contributed by atoms with Crippen molar-refractivity contribution in [1.82, 2.24) is 4.98 Å². The van der Waals surface area contributed by atoms with E-state index in [-0.39, 0.29) is 5.39 Å². The van der Waals surface area contributed by atoms with E-state index < -0.39 is 11.8 Å². The Morgan fingerprint density at radius 2 is 2.00 bits per heavy atom. The molecule has 0 saturated carbocycles. The molecule has 0 aliphatic rings. The molecule has 13 heavy (non-hydrogen) atoms. The highest BCUT2D eigenvalue weighted by Crippen LogP contribution is 2.20. The molecular weight excluding hydrogens is 287 g/mol. The minimum Gasteiger partial charge on any atom is -0.225 e. The van der Waals surface area contributed by atoms with Crippen molar-refractivity contribution in [3.05, 3.63) is 39.7 Å². The van der Waals surface area contributed by atoms with Gasteiger partial charge in [0.05, 0.1) is 0 Å². The van der Waals surface area contributed by atoms with Crippen molar-refractivity contribution in [1.29, 1.82) is 0 Å². The Balaban J connectivity index is 2.87. The van der Waals surface area contributed by atoms with Crippen LogP contribution >= 0.6 is 22.6 Å². The average Bonchev–Trinajstić information content (AvgIpc) is 2.12. The van der Waals surface area contributed by atoms with Crippen molar-refractivity contribution >= 4 is 33.4 Å². The fraction of sp³-hybridized carbons (Fsp3) is 0. The van der Waals surface area contributed by atoms with Crippen LogP contribution in [0.1, 0.15) is 0 Å². The monoisotopic (exact) mass is 291 g/mol. The zero-order valence-electron chi connectivity index (χ0n) is 6.39. The number of hydrogen-bond acceptors (Lipinski definition) is 1. The second-order valence-electron chi connectivity index (χ2n) is 2.59. The number of fused-ring (bicyclic) bond motifs is 1. The average molecular weight is 291 g/mol. The number of hydrogen-bond donors (Lipinski definition) is 0. The van der Waals surface area contributed by atoms with Crippen LogP contribution in [0.4, 0.5) is 8.78 Å². The summed E-state index contributed by atoms with van der Waals surface area (Å²) in [6.07, 6.45) is 1.33. The zero-order chi connectivity index (χ0) is 9.42. The molecule has 0 bridgehead atoms. The minimum absolute atomic E-state index is 0.271. The van der Waals surface area contributed by atoms with Crippen molar-refractivity contribution < 1.29 is 8.78 Å². The van der Waals surface area contributed by atoms with E-state index in [2.05, 4.69) is 27.6 Å². The van der Waals surface area contributed by atoms with Crippen molar-refractivity contribution in [2.75, 3.05) is 0 Å². The van der Waals surface area contributed by atoms with Gasteiger partial charge in [0.1, 0.15) is 0 Å². The first-order valence-electron chi connectivity index (χ1n) is 3.58. The van der Waals surface area contributed by atoms with E-state index in [4.69, 9.17) is 0 Å². The molecule has 0 atom stereocenters. The Morgan fingerprint density at radius 1 is 1.23 bits per heavy atom. The lowest BCUT2D eigenvalue weighted by molar-refractivity contribution is 0.487. The summed E-state index contributed by atoms with van der Waals surface area (Å²) in [6, 6.07) is 5.04. The van der Waals surface area contributed by atoms with Crippen LogP contribution in [0.3, 0.4) is 0 Å². The first-order valence-corrected chi connectivity index (χ1v) is 4.65. The van der Waals surface area contributed by atoms with E-state index in [0.717, 1.165) is 3.57 Å². The Labute approximate surface area is 86.9 Å². The van der Waals surface area contributed by atoms with Gasteiger partial charge >= 0.3 is 0 Å². The van der Waals surface area contributed by atoms with Crippen LogP contribution in [-0.4, -0.2) is 4.98 Å². The molecule has 2 rings (SSSR count). The molecule has 0 fully saturated rings. The van der Waals surface area contributed by atoms with Gasteiger partial charge in [-0.1, -0.05) is 6.07 Å². The van der Waals surface area contributed by atoms with E-state index in [0.29, 0.717) is 5.39 Å². The van der Waals surface area contributed by atoms with E-state index in [9.17, 15) is 8.78 Å². The van der Waals surface area contributed by atoms with E-state index in [1.54, 1.807) is 18.2 Å². The predicted molar refractivity (Wildman–Crippen MR) is 54.4 cm³/mol. The minimum atomic E-state index is -1.05. The second-order valence-corrected chi connectivity index (χ2v) is 3.84. The quantitative estimate of drug-likeness (QED) is 0.537. The fourth-order valence-corrected chi connectivity index (χ4v) is 1.65. The molecule has 4 heteroatoms. The van der Waals surface area contributed by atoms with E-state index in [1.807, 2.05) is 0 Å². The lowest BCUT2D eigenvalue weighted by Gasteiger charge is -1.99. The molecule has 1 aromatic carbocycles. The maximum Gasteiger partial charge on any atom is 0.249 e. The number of nitrogens with zero attached hydrogens (tertiary/aromatic N) is 1. The molecule has 0 spiro atoms. The molecule has 1 heterocycles. The molecule has 66 valence electrons. The van der Waals surface area contributed by atoms with Gasteiger partial charge in [0, 0.05) is 20.5 Å². The second kappa shape index (κ2) is 3.17. The SMILES string of the molecule is Fc1ncc2cc(I)ccc2c1F. The lowest BCUT2D eigenvalue weighted by atomic mass is 10.2. The highest BCUT2D eigenvalue weighted by molar-refractivity contribution is 14.1. The Kier molecular flexibility index (Phi) is 2.15. The standard InChI is InChI=1S/C9H4F2IN/c10-8-7-2-1-6(12)3-5(7)4-13-9(8)11/h1-4H. The molecule has 0 saturated heterocycles. The molecule has 0 unspecified atom stereocenters. The van der Waals surface area contributed by atoms with Gasteiger partial charge in [-0.25, -0.2) is 9.37 Å². The summed E-state index contributed by atoms with van der Waals surface area (Å²) >= 11 is 2.10. The number of pyridine rings is 1. The first-order chi connectivity index (χ1) is 6.18.